The number of fused-ring (bicyclic) bond motifs is 3. The molecule has 2 atom stereocenters. The summed E-state index contributed by atoms with van der Waals surface area (Å²) in [5, 5.41) is 12.3. The van der Waals surface area contributed by atoms with Gasteiger partial charge in [0, 0.05) is 72.9 Å². The second kappa shape index (κ2) is 12.9. The molecule has 2 aromatic heterocycles. The number of aromatic nitrogens is 3. The molecule has 0 bridgehead atoms. The SMILES string of the molecule is Cc1nn(C)c(C)c1-c1c(Cl)ccc2c(CCCOc3cccc4ccccc34)c(C(=O)OC(C)(C)C)n(CCN3CCNC4CC43)c12. The summed E-state index contributed by atoms with van der Waals surface area (Å²) in [6.45, 7) is 13.9. The lowest BCUT2D eigenvalue weighted by Gasteiger charge is -2.28. The van der Waals surface area contributed by atoms with Crippen molar-refractivity contribution in [3.63, 3.8) is 0 Å². The van der Waals surface area contributed by atoms with Gasteiger partial charge < -0.3 is 19.4 Å². The van der Waals surface area contributed by atoms with Gasteiger partial charge in [-0.25, -0.2) is 4.79 Å². The molecule has 0 radical (unpaired) electrons. The molecule has 48 heavy (non-hydrogen) atoms. The number of carbonyl (C=O) groups excluding carboxylic acids is 1. The van der Waals surface area contributed by atoms with Crippen molar-refractivity contribution in [2.45, 2.75) is 78.1 Å². The number of rotatable bonds is 10. The van der Waals surface area contributed by atoms with Gasteiger partial charge in [-0.1, -0.05) is 54.1 Å². The first kappa shape index (κ1) is 32.7. The summed E-state index contributed by atoms with van der Waals surface area (Å²) in [6, 6.07) is 19.6. The summed E-state index contributed by atoms with van der Waals surface area (Å²) < 4.78 is 16.6. The third kappa shape index (κ3) is 6.22. The minimum atomic E-state index is -0.649. The number of aryl methyl sites for hydroxylation is 3. The van der Waals surface area contributed by atoms with Crippen LogP contribution in [0.1, 0.15) is 61.1 Å². The number of esters is 1. The van der Waals surface area contributed by atoms with Crippen molar-refractivity contribution in [1.29, 1.82) is 0 Å². The fourth-order valence-electron chi connectivity index (χ4n) is 7.53. The van der Waals surface area contributed by atoms with Crippen molar-refractivity contribution < 1.29 is 14.3 Å². The Morgan fingerprint density at radius 2 is 1.81 bits per heavy atom. The third-order valence-electron chi connectivity index (χ3n) is 9.85. The van der Waals surface area contributed by atoms with E-state index in [1.165, 1.54) is 6.42 Å². The molecular formula is C39H46ClN5O3. The van der Waals surface area contributed by atoms with Crippen molar-refractivity contribution in [3.8, 4) is 16.9 Å². The maximum absolute atomic E-state index is 14.3. The van der Waals surface area contributed by atoms with Crippen LogP contribution < -0.4 is 10.1 Å². The summed E-state index contributed by atoms with van der Waals surface area (Å²) in [5.74, 6) is 0.559. The molecule has 2 fully saturated rings. The average Bonchev–Trinajstić information content (AvgIpc) is 3.72. The van der Waals surface area contributed by atoms with Crippen LogP contribution in [0.15, 0.2) is 54.6 Å². The van der Waals surface area contributed by atoms with Crippen LogP contribution in [0, 0.1) is 13.8 Å². The molecule has 3 heterocycles. The first-order valence-corrected chi connectivity index (χ1v) is 17.5. The molecule has 8 nitrogen and oxygen atoms in total. The quantitative estimate of drug-likeness (QED) is 0.123. The number of hydrogen-bond acceptors (Lipinski definition) is 6. The molecule has 2 aliphatic rings. The zero-order chi connectivity index (χ0) is 33.7. The lowest BCUT2D eigenvalue weighted by Crippen LogP contribution is -2.44. The lowest BCUT2D eigenvalue weighted by atomic mass is 9.98. The average molecular weight is 668 g/mol. The lowest BCUT2D eigenvalue weighted by molar-refractivity contribution is 0.00561. The Bertz CT molecular complexity index is 2000. The highest BCUT2D eigenvalue weighted by Gasteiger charge is 2.44. The molecule has 1 N–H and O–H groups in total. The largest absolute Gasteiger partial charge is 0.493 e. The van der Waals surface area contributed by atoms with E-state index < -0.39 is 5.60 Å². The van der Waals surface area contributed by atoms with E-state index in [1.54, 1.807) is 0 Å². The van der Waals surface area contributed by atoms with Gasteiger partial charge in [-0.2, -0.15) is 5.10 Å². The fraction of sp³-hybridized carbons (Fsp3) is 0.436. The van der Waals surface area contributed by atoms with E-state index in [1.807, 2.05) is 69.8 Å². The summed E-state index contributed by atoms with van der Waals surface area (Å²) >= 11 is 7.13. The fourth-order valence-corrected chi connectivity index (χ4v) is 7.77. The Labute approximate surface area is 287 Å². The third-order valence-corrected chi connectivity index (χ3v) is 10.2. The van der Waals surface area contributed by atoms with Crippen LogP contribution in [0.2, 0.25) is 5.02 Å². The van der Waals surface area contributed by atoms with Crippen LogP contribution in [-0.2, 0) is 24.8 Å². The first-order valence-electron chi connectivity index (χ1n) is 17.2. The van der Waals surface area contributed by atoms with E-state index in [0.717, 1.165) is 81.6 Å². The van der Waals surface area contributed by atoms with Crippen LogP contribution in [0.3, 0.4) is 0 Å². The molecule has 5 aromatic rings. The maximum Gasteiger partial charge on any atom is 0.355 e. The van der Waals surface area contributed by atoms with Gasteiger partial charge in [0.15, 0.2) is 0 Å². The van der Waals surface area contributed by atoms with Crippen LogP contribution in [0.5, 0.6) is 5.75 Å². The highest BCUT2D eigenvalue weighted by atomic mass is 35.5. The summed E-state index contributed by atoms with van der Waals surface area (Å²) in [6.07, 6.45) is 2.55. The number of hydrogen-bond donors (Lipinski definition) is 1. The Kier molecular flexibility index (Phi) is 8.77. The maximum atomic E-state index is 14.3. The zero-order valence-electron chi connectivity index (χ0n) is 28.9. The minimum Gasteiger partial charge on any atom is -0.493 e. The number of nitrogens with one attached hydrogen (secondary N) is 1. The smallest absolute Gasteiger partial charge is 0.355 e. The van der Waals surface area contributed by atoms with Crippen LogP contribution in [0.4, 0.5) is 0 Å². The van der Waals surface area contributed by atoms with Crippen LogP contribution >= 0.6 is 11.6 Å². The van der Waals surface area contributed by atoms with Crippen LogP contribution in [-0.4, -0.2) is 69.1 Å². The van der Waals surface area contributed by atoms with E-state index in [0.29, 0.717) is 42.4 Å². The zero-order valence-corrected chi connectivity index (χ0v) is 29.7. The number of carbonyl (C=O) groups is 1. The minimum absolute atomic E-state index is 0.310. The summed E-state index contributed by atoms with van der Waals surface area (Å²) in [4.78, 5) is 16.9. The topological polar surface area (TPSA) is 73.6 Å². The van der Waals surface area contributed by atoms with E-state index in [-0.39, 0.29) is 5.97 Å². The van der Waals surface area contributed by atoms with E-state index in [4.69, 9.17) is 26.2 Å². The Morgan fingerprint density at radius 1 is 1.02 bits per heavy atom. The van der Waals surface area contributed by atoms with Gasteiger partial charge in [-0.15, -0.1) is 0 Å². The number of ether oxygens (including phenoxy) is 2. The van der Waals surface area contributed by atoms with Crippen molar-refractivity contribution in [2.24, 2.45) is 7.05 Å². The highest BCUT2D eigenvalue weighted by molar-refractivity contribution is 6.35. The van der Waals surface area contributed by atoms with Gasteiger partial charge >= 0.3 is 5.97 Å². The highest BCUT2D eigenvalue weighted by Crippen LogP contribution is 2.43. The van der Waals surface area contributed by atoms with E-state index in [9.17, 15) is 4.79 Å². The van der Waals surface area contributed by atoms with Crippen molar-refractivity contribution in [1.82, 2.24) is 24.6 Å². The molecular weight excluding hydrogens is 622 g/mol. The Morgan fingerprint density at radius 3 is 2.58 bits per heavy atom. The van der Waals surface area contributed by atoms with Crippen molar-refractivity contribution in [3.05, 3.63) is 82.3 Å². The Balaban J connectivity index is 1.32. The molecule has 1 aliphatic carbocycles. The standard InChI is InChI=1S/C39H46ClN5O3/c1-24-34(25(2)43(6)42-24)35-30(40)17-16-29-28(14-10-22-47-33-15-9-12-26-11-7-8-13-27(26)33)37(38(46)48-39(3,4)5)45(36(29)35)21-20-44-19-18-41-31-23-32(31)44/h7-9,11-13,15-17,31-32,41H,10,14,18-23H2,1-6H3. The van der Waals surface area contributed by atoms with Gasteiger partial charge in [0.25, 0.3) is 0 Å². The van der Waals surface area contributed by atoms with Gasteiger partial charge in [-0.05, 0) is 77.0 Å². The Hall–Kier alpha value is -3.85. The first-order chi connectivity index (χ1) is 23.0. The molecule has 3 aromatic carbocycles. The molecule has 1 aliphatic heterocycles. The predicted molar refractivity (Wildman–Crippen MR) is 193 cm³/mol. The summed E-state index contributed by atoms with van der Waals surface area (Å²) in [5.41, 5.74) is 5.77. The number of halogens is 1. The predicted octanol–water partition coefficient (Wildman–Crippen LogP) is 7.48. The number of piperazine rings is 1. The van der Waals surface area contributed by atoms with Gasteiger partial charge in [-0.3, -0.25) is 9.58 Å². The molecule has 9 heteroatoms. The molecule has 1 saturated heterocycles. The number of nitrogens with zero attached hydrogens (tertiary/aromatic N) is 4. The summed E-state index contributed by atoms with van der Waals surface area (Å²) in [7, 11) is 1.96. The molecule has 7 rings (SSSR count). The van der Waals surface area contributed by atoms with E-state index >= 15 is 0 Å². The van der Waals surface area contributed by atoms with Crippen LogP contribution in [0.25, 0.3) is 32.8 Å². The van der Waals surface area contributed by atoms with Gasteiger partial charge in [0.2, 0.25) is 0 Å². The molecule has 0 spiro atoms. The van der Waals surface area contributed by atoms with Gasteiger partial charge in [0.05, 0.1) is 22.8 Å². The molecule has 2 unspecified atom stereocenters. The second-order valence-electron chi connectivity index (χ2n) is 14.3. The number of benzene rings is 3. The van der Waals surface area contributed by atoms with Gasteiger partial charge in [0.1, 0.15) is 17.0 Å². The molecule has 1 saturated carbocycles. The second-order valence-corrected chi connectivity index (χ2v) is 14.7. The van der Waals surface area contributed by atoms with Crippen molar-refractivity contribution in [2.75, 3.05) is 26.2 Å². The monoisotopic (exact) mass is 667 g/mol. The van der Waals surface area contributed by atoms with Crippen molar-refractivity contribution >= 4 is 39.2 Å². The molecule has 252 valence electrons. The molecule has 0 amide bonds. The van der Waals surface area contributed by atoms with E-state index in [2.05, 4.69) is 46.0 Å². The normalized spacial score (nSPS) is 18.0.